The maximum atomic E-state index is 16.9. The van der Waals surface area contributed by atoms with Gasteiger partial charge in [-0.1, -0.05) is 98.0 Å². The summed E-state index contributed by atoms with van der Waals surface area (Å²) in [4.78, 5) is 54.0. The summed E-state index contributed by atoms with van der Waals surface area (Å²) in [7, 11) is 3.03. The zero-order chi connectivity index (χ0) is 61.5. The fraction of sp³-hybridized carbons (Fsp3) is 0.365. The average Bonchev–Trinajstić information content (AvgIpc) is 1.51. The van der Waals surface area contributed by atoms with Crippen molar-refractivity contribution in [1.29, 1.82) is 5.26 Å². The molecule has 0 spiro atoms. The number of aromatic hydroxyl groups is 1. The number of halogens is 6. The Labute approximate surface area is 511 Å². The van der Waals surface area contributed by atoms with E-state index in [1.165, 1.54) is 66.6 Å². The first-order valence-corrected chi connectivity index (χ1v) is 29.2. The summed E-state index contributed by atoms with van der Waals surface area (Å²) in [6, 6.07) is 24.9. The van der Waals surface area contributed by atoms with Crippen LogP contribution in [0.2, 0.25) is 15.1 Å². The second-order valence-electron chi connectivity index (χ2n) is 22.3. The van der Waals surface area contributed by atoms with Crippen molar-refractivity contribution < 1.29 is 46.9 Å². The van der Waals surface area contributed by atoms with Crippen molar-refractivity contribution in [3.63, 3.8) is 0 Å². The molecule has 452 valence electrons. The molecule has 0 bridgehead atoms. The molecule has 6 aromatic carbocycles. The summed E-state index contributed by atoms with van der Waals surface area (Å²) < 4.78 is 66.2. The maximum Gasteiger partial charge on any atom is 0.251 e. The summed E-state index contributed by atoms with van der Waals surface area (Å²) in [5.41, 5.74) is -1.45. The van der Waals surface area contributed by atoms with Crippen LogP contribution in [0.5, 0.6) is 11.5 Å². The summed E-state index contributed by atoms with van der Waals surface area (Å²) in [5, 5.41) is 39.0. The maximum absolute atomic E-state index is 16.9. The molecular weight excluding hydrogens is 1170 g/mol. The normalized spacial score (nSPS) is 17.8. The molecule has 86 heavy (non-hydrogen) atoms. The van der Waals surface area contributed by atoms with Gasteiger partial charge in [-0.15, -0.1) is 0 Å². The van der Waals surface area contributed by atoms with E-state index >= 15 is 13.2 Å². The van der Waals surface area contributed by atoms with Gasteiger partial charge < -0.3 is 55.7 Å². The molecule has 0 unspecified atom stereocenters. The Morgan fingerprint density at radius 2 is 1.63 bits per heavy atom. The van der Waals surface area contributed by atoms with Gasteiger partial charge in [0.25, 0.3) is 5.91 Å². The molecule has 0 aliphatic carbocycles. The number of nitrogens with zero attached hydrogens (tertiary/aromatic N) is 5. The molecule has 0 radical (unpaired) electrons. The molecular formula is C63H66Cl3F3N10O7. The Morgan fingerprint density at radius 3 is 2.36 bits per heavy atom. The van der Waals surface area contributed by atoms with Gasteiger partial charge in [-0.25, -0.2) is 18.2 Å². The molecule has 3 heterocycles. The van der Waals surface area contributed by atoms with Crippen LogP contribution in [0.4, 0.5) is 30.6 Å². The summed E-state index contributed by atoms with van der Waals surface area (Å²) >= 11 is 19.3. The number of phenols is 1. The van der Waals surface area contributed by atoms with Crippen molar-refractivity contribution in [2.45, 2.75) is 57.0 Å². The number of anilines is 3. The Morgan fingerprint density at radius 1 is 0.872 bits per heavy atom. The molecule has 17 nitrogen and oxygen atoms in total. The fourth-order valence-electron chi connectivity index (χ4n) is 11.3. The molecule has 4 atom stereocenters. The highest BCUT2D eigenvalue weighted by atomic mass is 35.5. The van der Waals surface area contributed by atoms with E-state index in [-0.39, 0.29) is 124 Å². The topological polar surface area (TPSA) is 215 Å². The number of phenolic OH excluding ortho intramolecular Hbond substituents is 1. The van der Waals surface area contributed by atoms with Gasteiger partial charge >= 0.3 is 0 Å². The summed E-state index contributed by atoms with van der Waals surface area (Å²) in [6.45, 7) is 9.88. The van der Waals surface area contributed by atoms with Crippen LogP contribution in [0, 0.1) is 34.2 Å². The lowest BCUT2D eigenvalue weighted by Crippen LogP contribution is -2.45. The Balaban J connectivity index is 0.746. The monoisotopic (exact) mass is 1240 g/mol. The zero-order valence-electron chi connectivity index (χ0n) is 48.1. The van der Waals surface area contributed by atoms with Gasteiger partial charge in [0.15, 0.2) is 5.82 Å². The van der Waals surface area contributed by atoms with Crippen molar-refractivity contribution in [3.8, 4) is 28.7 Å². The minimum atomic E-state index is -1.84. The van der Waals surface area contributed by atoms with Crippen LogP contribution in [0.3, 0.4) is 0 Å². The number of nitrogens with one attached hydrogen (secondary N) is 5. The number of ether oxygens (including phenoxy) is 3. The predicted octanol–water partition coefficient (Wildman–Crippen LogP) is 10.6. The molecule has 2 fully saturated rings. The SMILES string of the molecule is COc1cc(C(=O)NCCOCCOCCN(C)C(=O)CCNc2nc(N3CCNCC3)c3cc(Cl)c(-c4cc(O)cc5ccccc45)c(F)c3n2)ccc1NC(=O)[C@@H]1N[C@@H](CC(C)(C)C)[C@](C#N)(c2ccc(Cl)cc2F)[C@H]1c1cccc(Cl)c1F. The number of benzene rings is 6. The van der Waals surface area contributed by atoms with Crippen LogP contribution in [-0.4, -0.2) is 136 Å². The summed E-state index contributed by atoms with van der Waals surface area (Å²) in [5.74, 6) is -4.17. The van der Waals surface area contributed by atoms with E-state index in [1.54, 1.807) is 19.2 Å². The highest BCUT2D eigenvalue weighted by molar-refractivity contribution is 6.35. The van der Waals surface area contributed by atoms with Crippen molar-refractivity contribution >= 4 is 91.7 Å². The van der Waals surface area contributed by atoms with Gasteiger partial charge in [-0.05, 0) is 88.3 Å². The first kappa shape index (κ1) is 63.0. The number of piperazine rings is 1. The van der Waals surface area contributed by atoms with Crippen LogP contribution < -0.4 is 36.2 Å². The molecule has 2 saturated heterocycles. The van der Waals surface area contributed by atoms with Gasteiger partial charge in [0, 0.05) is 98.3 Å². The number of rotatable bonds is 22. The number of aromatic nitrogens is 2. The van der Waals surface area contributed by atoms with E-state index in [0.29, 0.717) is 54.9 Å². The Bertz CT molecular complexity index is 3720. The quantitative estimate of drug-likeness (QED) is 0.0348. The van der Waals surface area contributed by atoms with E-state index in [2.05, 4.69) is 37.6 Å². The molecule has 3 amide bonds. The van der Waals surface area contributed by atoms with Gasteiger partial charge in [-0.3, -0.25) is 14.4 Å². The molecule has 6 N–H and O–H groups in total. The van der Waals surface area contributed by atoms with Crippen LogP contribution in [0.25, 0.3) is 32.8 Å². The average molecular weight is 1240 g/mol. The van der Waals surface area contributed by atoms with Crippen LogP contribution in [-0.2, 0) is 24.5 Å². The molecule has 23 heteroatoms. The first-order valence-electron chi connectivity index (χ1n) is 28.1. The zero-order valence-corrected chi connectivity index (χ0v) is 50.3. The van der Waals surface area contributed by atoms with E-state index in [1.807, 2.05) is 49.9 Å². The number of hydrogen-bond donors (Lipinski definition) is 6. The Kier molecular flexibility index (Phi) is 20.1. The van der Waals surface area contributed by atoms with Gasteiger partial charge in [-0.2, -0.15) is 10.2 Å². The second-order valence-corrected chi connectivity index (χ2v) is 23.6. The smallest absolute Gasteiger partial charge is 0.251 e. The number of carbonyl (C=O) groups excluding carboxylic acids is 3. The molecule has 0 saturated carbocycles. The minimum Gasteiger partial charge on any atom is -0.508 e. The van der Waals surface area contributed by atoms with Crippen molar-refractivity contribution in [1.82, 2.24) is 30.8 Å². The van der Waals surface area contributed by atoms with E-state index < -0.39 is 58.1 Å². The van der Waals surface area contributed by atoms with E-state index in [0.717, 1.165) is 11.5 Å². The number of methoxy groups -OCH3 is 1. The van der Waals surface area contributed by atoms with Crippen LogP contribution >= 0.6 is 34.8 Å². The Hall–Kier alpha value is -7.48. The molecule has 1 aromatic heterocycles. The van der Waals surface area contributed by atoms with Crippen molar-refractivity contribution in [2.24, 2.45) is 5.41 Å². The predicted molar refractivity (Wildman–Crippen MR) is 328 cm³/mol. The number of amides is 3. The van der Waals surface area contributed by atoms with Gasteiger partial charge in [0.2, 0.25) is 17.8 Å². The number of carbonyl (C=O) groups is 3. The van der Waals surface area contributed by atoms with Gasteiger partial charge in [0.1, 0.15) is 39.9 Å². The number of likely N-dealkylation sites (N-methyl/N-ethyl adjacent to an activating group) is 1. The lowest BCUT2D eigenvalue weighted by molar-refractivity contribution is -0.130. The standard InChI is InChI=1S/C63H66Cl3F3N10O7/c1-62(2,3)34-50-63(35-70,44-15-14-38(64)31-47(44)67)53(41-11-8-12-45(65)54(41)68)57(75-50)60(83)74-48-16-13-37(30-49(48)84-5)59(82)72-21-25-85-27-28-86-26-24-78(4)51(81)17-18-73-61-76-56-43(58(77-61)79-22-19-71-20-23-79)33-46(66)52(55(56)69)42-32-39(80)29-36-9-6-7-10-40(36)42/h6-16,29-33,50,53,57,71,75,80H,17-28,34H2,1-5H3,(H,72,82)(H,74,83)(H,73,76,77)/t50-,53-,57+,63-/m0/s1. The van der Waals surface area contributed by atoms with E-state index in [4.69, 9.17) is 54.0 Å². The lowest BCUT2D eigenvalue weighted by atomic mass is 9.62. The lowest BCUT2D eigenvalue weighted by Gasteiger charge is -2.37. The molecule has 2 aliphatic heterocycles. The third kappa shape index (κ3) is 13.8. The highest BCUT2D eigenvalue weighted by Gasteiger charge is 2.61. The van der Waals surface area contributed by atoms with Gasteiger partial charge in [0.05, 0.1) is 61.4 Å². The molecule has 9 rings (SSSR count). The van der Waals surface area contributed by atoms with E-state index in [9.17, 15) is 24.8 Å². The van der Waals surface area contributed by atoms with Crippen LogP contribution in [0.15, 0.2) is 97.1 Å². The minimum absolute atomic E-state index is 0.0347. The number of nitriles is 1. The first-order chi connectivity index (χ1) is 41.2. The number of fused-ring (bicyclic) bond motifs is 2. The van der Waals surface area contributed by atoms with Crippen molar-refractivity contribution in [3.05, 3.63) is 146 Å². The van der Waals surface area contributed by atoms with Crippen LogP contribution in [0.1, 0.15) is 61.0 Å². The molecule has 2 aliphatic rings. The van der Waals surface area contributed by atoms with Crippen molar-refractivity contribution in [2.75, 3.05) is 102 Å². The molecule has 7 aromatic rings. The third-order valence-corrected chi connectivity index (χ3v) is 16.2. The number of hydrogen-bond acceptors (Lipinski definition) is 14. The third-order valence-electron chi connectivity index (χ3n) is 15.4. The second kappa shape index (κ2) is 27.5. The fourth-order valence-corrected chi connectivity index (χ4v) is 11.9. The highest BCUT2D eigenvalue weighted by Crippen LogP contribution is 2.53. The largest absolute Gasteiger partial charge is 0.508 e. The summed E-state index contributed by atoms with van der Waals surface area (Å²) in [6.07, 6.45) is 0.361.